The largest absolute Gasteiger partial charge is 0.466 e. The smallest absolute Gasteiger partial charge is 0.330 e. The van der Waals surface area contributed by atoms with Gasteiger partial charge in [0.1, 0.15) is 0 Å². The first kappa shape index (κ1) is 21.5. The van der Waals surface area contributed by atoms with Gasteiger partial charge < -0.3 is 9.47 Å². The SMILES string of the molecule is C=C1C=C[C@@H]2[C@@](C)(COC(C)=O)CCC[C@@]2(C)[C@@H]1CC/C(C)=C/C(=O)OC. The maximum atomic E-state index is 11.5. The fourth-order valence-electron chi connectivity index (χ4n) is 5.23. The Kier molecular flexibility index (Phi) is 6.72. The summed E-state index contributed by atoms with van der Waals surface area (Å²) in [5.74, 6) is 0.183. The molecule has 27 heavy (non-hydrogen) atoms. The number of methoxy groups -OCH3 is 1. The summed E-state index contributed by atoms with van der Waals surface area (Å²) in [5, 5.41) is 0. The van der Waals surface area contributed by atoms with Gasteiger partial charge in [0.15, 0.2) is 0 Å². The summed E-state index contributed by atoms with van der Waals surface area (Å²) in [7, 11) is 1.40. The third-order valence-corrected chi connectivity index (χ3v) is 6.67. The predicted octanol–water partition coefficient (Wildman–Crippen LogP) is 5.00. The Morgan fingerprint density at radius 1 is 1.30 bits per heavy atom. The lowest BCUT2D eigenvalue weighted by Gasteiger charge is -2.56. The van der Waals surface area contributed by atoms with Crippen LogP contribution in [0.25, 0.3) is 0 Å². The molecule has 0 radical (unpaired) electrons. The number of fused-ring (bicyclic) bond motifs is 1. The van der Waals surface area contributed by atoms with Crippen LogP contribution in [0.3, 0.4) is 0 Å². The highest BCUT2D eigenvalue weighted by atomic mass is 16.5. The highest BCUT2D eigenvalue weighted by molar-refractivity contribution is 5.82. The first-order chi connectivity index (χ1) is 12.6. The van der Waals surface area contributed by atoms with Gasteiger partial charge in [0.2, 0.25) is 0 Å². The van der Waals surface area contributed by atoms with Gasteiger partial charge in [-0.1, -0.05) is 50.1 Å². The molecule has 1 saturated carbocycles. The van der Waals surface area contributed by atoms with Crippen LogP contribution in [0, 0.1) is 22.7 Å². The standard InChI is InChI=1S/C23H34O4/c1-16(14-21(25)26-6)8-10-19-17(2)9-11-20-22(4,15-27-18(3)24)12-7-13-23(19,20)5/h9,11,14,19-20H,2,7-8,10,12-13,15H2,1,3-6H3/b16-14+/t19-,20-,22-,23+/m1/s1. The molecule has 0 aromatic heterocycles. The van der Waals surface area contributed by atoms with Crippen LogP contribution < -0.4 is 0 Å². The zero-order valence-electron chi connectivity index (χ0n) is 17.5. The van der Waals surface area contributed by atoms with Gasteiger partial charge in [0, 0.05) is 18.4 Å². The van der Waals surface area contributed by atoms with Crippen molar-refractivity contribution in [2.24, 2.45) is 22.7 Å². The Morgan fingerprint density at radius 2 is 2.00 bits per heavy atom. The molecule has 0 N–H and O–H groups in total. The molecule has 1 fully saturated rings. The topological polar surface area (TPSA) is 52.6 Å². The minimum Gasteiger partial charge on any atom is -0.466 e. The fraction of sp³-hybridized carbons (Fsp3) is 0.652. The van der Waals surface area contributed by atoms with Crippen molar-refractivity contribution in [3.63, 3.8) is 0 Å². The minimum atomic E-state index is -0.300. The molecule has 0 amide bonds. The Labute approximate surface area is 163 Å². The van der Waals surface area contributed by atoms with Gasteiger partial charge in [-0.2, -0.15) is 0 Å². The third kappa shape index (κ3) is 4.72. The summed E-state index contributed by atoms with van der Waals surface area (Å²) in [4.78, 5) is 22.8. The van der Waals surface area contributed by atoms with Crippen molar-refractivity contribution in [2.45, 2.75) is 59.8 Å². The van der Waals surface area contributed by atoms with Crippen LogP contribution in [-0.4, -0.2) is 25.7 Å². The van der Waals surface area contributed by atoms with Gasteiger partial charge in [-0.25, -0.2) is 4.79 Å². The summed E-state index contributed by atoms with van der Waals surface area (Å²) < 4.78 is 10.2. The normalized spacial score (nSPS) is 33.4. The number of hydrogen-bond donors (Lipinski definition) is 0. The van der Waals surface area contributed by atoms with Gasteiger partial charge in [0.25, 0.3) is 0 Å². The van der Waals surface area contributed by atoms with Crippen LogP contribution in [0.1, 0.15) is 59.8 Å². The molecule has 0 aromatic rings. The van der Waals surface area contributed by atoms with Gasteiger partial charge >= 0.3 is 11.9 Å². The van der Waals surface area contributed by atoms with Gasteiger partial charge in [0.05, 0.1) is 13.7 Å². The number of esters is 2. The molecule has 4 nitrogen and oxygen atoms in total. The number of ether oxygens (including phenoxy) is 2. The van der Waals surface area contributed by atoms with Crippen molar-refractivity contribution >= 4 is 11.9 Å². The molecule has 2 rings (SSSR count). The van der Waals surface area contributed by atoms with Gasteiger partial charge in [-0.05, 0) is 49.9 Å². The lowest BCUT2D eigenvalue weighted by Crippen LogP contribution is -2.50. The lowest BCUT2D eigenvalue weighted by atomic mass is 9.48. The number of carbonyl (C=O) groups excluding carboxylic acids is 2. The molecular weight excluding hydrogens is 340 g/mol. The van der Waals surface area contributed by atoms with E-state index in [2.05, 4.69) is 32.6 Å². The van der Waals surface area contributed by atoms with E-state index in [9.17, 15) is 9.59 Å². The van der Waals surface area contributed by atoms with E-state index < -0.39 is 0 Å². The molecule has 4 heteroatoms. The monoisotopic (exact) mass is 374 g/mol. The second-order valence-electron chi connectivity index (χ2n) is 8.81. The summed E-state index contributed by atoms with van der Waals surface area (Å²) in [6, 6.07) is 0. The van der Waals surface area contributed by atoms with Crippen LogP contribution in [0.2, 0.25) is 0 Å². The third-order valence-electron chi connectivity index (χ3n) is 6.67. The molecule has 2 aliphatic carbocycles. The fourth-order valence-corrected chi connectivity index (χ4v) is 5.23. The van der Waals surface area contributed by atoms with Crippen LogP contribution in [0.15, 0.2) is 36.0 Å². The summed E-state index contributed by atoms with van der Waals surface area (Å²) >= 11 is 0. The zero-order chi connectivity index (χ0) is 20.2. The Bertz CT molecular complexity index is 659. The van der Waals surface area contributed by atoms with Crippen LogP contribution in [0.4, 0.5) is 0 Å². The van der Waals surface area contributed by atoms with Crippen LogP contribution >= 0.6 is 0 Å². The quantitative estimate of drug-likeness (QED) is 0.485. The van der Waals surface area contributed by atoms with E-state index in [1.165, 1.54) is 14.0 Å². The first-order valence-corrected chi connectivity index (χ1v) is 9.88. The average Bonchev–Trinajstić information content (AvgIpc) is 2.59. The van der Waals surface area contributed by atoms with E-state index in [4.69, 9.17) is 9.47 Å². The molecule has 0 heterocycles. The molecule has 2 aliphatic rings. The molecule has 0 spiro atoms. The highest BCUT2D eigenvalue weighted by Crippen LogP contribution is 2.59. The summed E-state index contributed by atoms with van der Waals surface area (Å²) in [5.41, 5.74) is 2.23. The van der Waals surface area contributed by atoms with Crippen LogP contribution in [0.5, 0.6) is 0 Å². The first-order valence-electron chi connectivity index (χ1n) is 9.88. The second-order valence-corrected chi connectivity index (χ2v) is 8.81. The number of rotatable bonds is 6. The molecule has 4 atom stereocenters. The maximum Gasteiger partial charge on any atom is 0.330 e. The van der Waals surface area contributed by atoms with E-state index in [0.717, 1.165) is 43.3 Å². The van der Waals surface area contributed by atoms with E-state index in [-0.39, 0.29) is 22.8 Å². The van der Waals surface area contributed by atoms with Gasteiger partial charge in [-0.3, -0.25) is 4.79 Å². The van der Waals surface area contributed by atoms with Crippen molar-refractivity contribution in [2.75, 3.05) is 13.7 Å². The zero-order valence-corrected chi connectivity index (χ0v) is 17.5. The minimum absolute atomic E-state index is 0.0506. The molecule has 0 aromatic carbocycles. The van der Waals surface area contributed by atoms with Gasteiger partial charge in [-0.15, -0.1) is 0 Å². The summed E-state index contributed by atoms with van der Waals surface area (Å²) in [6.45, 7) is 12.9. The number of carbonyl (C=O) groups is 2. The molecule has 0 bridgehead atoms. The second kappa shape index (κ2) is 8.45. The predicted molar refractivity (Wildman–Crippen MR) is 107 cm³/mol. The van der Waals surface area contributed by atoms with E-state index >= 15 is 0 Å². The average molecular weight is 375 g/mol. The van der Waals surface area contributed by atoms with E-state index in [1.807, 2.05) is 6.92 Å². The van der Waals surface area contributed by atoms with Crippen molar-refractivity contribution in [3.05, 3.63) is 36.0 Å². The van der Waals surface area contributed by atoms with E-state index in [1.54, 1.807) is 6.08 Å². The number of allylic oxidation sites excluding steroid dienone is 4. The maximum absolute atomic E-state index is 11.5. The number of hydrogen-bond acceptors (Lipinski definition) is 4. The van der Waals surface area contributed by atoms with E-state index in [0.29, 0.717) is 18.4 Å². The highest BCUT2D eigenvalue weighted by Gasteiger charge is 2.53. The molecular formula is C23H34O4. The molecule has 0 aliphatic heterocycles. The van der Waals surface area contributed by atoms with Crippen molar-refractivity contribution in [3.8, 4) is 0 Å². The van der Waals surface area contributed by atoms with Crippen molar-refractivity contribution in [1.29, 1.82) is 0 Å². The molecule has 150 valence electrons. The molecule has 0 unspecified atom stereocenters. The molecule has 0 saturated heterocycles. The lowest BCUT2D eigenvalue weighted by molar-refractivity contribution is -0.149. The van der Waals surface area contributed by atoms with Crippen LogP contribution in [-0.2, 0) is 19.1 Å². The Morgan fingerprint density at radius 3 is 2.63 bits per heavy atom. The Hall–Kier alpha value is -1.84. The van der Waals surface area contributed by atoms with Crippen molar-refractivity contribution in [1.82, 2.24) is 0 Å². The Balaban J connectivity index is 2.21. The van der Waals surface area contributed by atoms with Crippen molar-refractivity contribution < 1.29 is 19.1 Å². The summed E-state index contributed by atoms with van der Waals surface area (Å²) in [6.07, 6.45) is 11.2.